The maximum Gasteiger partial charge on any atom is 0.234 e. The first-order valence-electron chi connectivity index (χ1n) is 8.13. The topological polar surface area (TPSA) is 55.8 Å². The molecule has 2 N–H and O–H groups in total. The SMILES string of the molecule is O=C(CN1CCCC1)NCCCN1CCCCC1CO. The third kappa shape index (κ3) is 5.04. The van der Waals surface area contributed by atoms with Crippen molar-refractivity contribution in [2.75, 3.05) is 45.9 Å². The first-order valence-corrected chi connectivity index (χ1v) is 8.13. The molecule has 2 saturated heterocycles. The molecule has 2 rings (SSSR count). The fourth-order valence-corrected chi connectivity index (χ4v) is 3.27. The lowest BCUT2D eigenvalue weighted by atomic mass is 10.0. The highest BCUT2D eigenvalue weighted by atomic mass is 16.3. The van der Waals surface area contributed by atoms with Crippen LogP contribution in [0.1, 0.15) is 38.5 Å². The number of carbonyl (C=O) groups is 1. The zero-order chi connectivity index (χ0) is 14.2. The van der Waals surface area contributed by atoms with Crippen LogP contribution >= 0.6 is 0 Å². The van der Waals surface area contributed by atoms with Gasteiger partial charge in [0.1, 0.15) is 0 Å². The maximum atomic E-state index is 11.8. The maximum absolute atomic E-state index is 11.8. The van der Waals surface area contributed by atoms with E-state index < -0.39 is 0 Å². The molecule has 0 aromatic rings. The van der Waals surface area contributed by atoms with Crippen LogP contribution in [-0.4, -0.2) is 72.7 Å². The quantitative estimate of drug-likeness (QED) is 0.666. The first-order chi connectivity index (χ1) is 9.79. The summed E-state index contributed by atoms with van der Waals surface area (Å²) in [6.45, 7) is 5.78. The van der Waals surface area contributed by atoms with Gasteiger partial charge < -0.3 is 10.4 Å². The van der Waals surface area contributed by atoms with E-state index >= 15 is 0 Å². The van der Waals surface area contributed by atoms with Gasteiger partial charge in [0, 0.05) is 19.1 Å². The van der Waals surface area contributed by atoms with Crippen molar-refractivity contribution >= 4 is 5.91 Å². The van der Waals surface area contributed by atoms with Crippen LogP contribution in [0.3, 0.4) is 0 Å². The molecule has 0 spiro atoms. The Morgan fingerprint density at radius 1 is 1.15 bits per heavy atom. The number of aliphatic hydroxyl groups is 1. The van der Waals surface area contributed by atoms with Crippen molar-refractivity contribution in [1.82, 2.24) is 15.1 Å². The van der Waals surface area contributed by atoms with Gasteiger partial charge in [0.15, 0.2) is 0 Å². The monoisotopic (exact) mass is 283 g/mol. The van der Waals surface area contributed by atoms with E-state index in [-0.39, 0.29) is 12.5 Å². The highest BCUT2D eigenvalue weighted by molar-refractivity contribution is 5.77. The molecule has 0 bridgehead atoms. The molecule has 116 valence electrons. The molecule has 0 aliphatic carbocycles. The average Bonchev–Trinajstić information content (AvgIpc) is 2.97. The van der Waals surface area contributed by atoms with Crippen molar-refractivity contribution in [2.24, 2.45) is 0 Å². The van der Waals surface area contributed by atoms with Crippen LogP contribution in [0.15, 0.2) is 0 Å². The van der Waals surface area contributed by atoms with E-state index in [1.54, 1.807) is 0 Å². The highest BCUT2D eigenvalue weighted by Gasteiger charge is 2.21. The number of rotatable bonds is 7. The van der Waals surface area contributed by atoms with Crippen molar-refractivity contribution in [1.29, 1.82) is 0 Å². The van der Waals surface area contributed by atoms with Crippen molar-refractivity contribution in [2.45, 2.75) is 44.6 Å². The van der Waals surface area contributed by atoms with Gasteiger partial charge >= 0.3 is 0 Å². The largest absolute Gasteiger partial charge is 0.395 e. The van der Waals surface area contributed by atoms with Crippen LogP contribution in [0.4, 0.5) is 0 Å². The molecule has 0 aromatic carbocycles. The van der Waals surface area contributed by atoms with Crippen molar-refractivity contribution < 1.29 is 9.90 Å². The lowest BCUT2D eigenvalue weighted by Gasteiger charge is -2.34. The number of nitrogens with zero attached hydrogens (tertiary/aromatic N) is 2. The Bertz CT molecular complexity index is 293. The summed E-state index contributed by atoms with van der Waals surface area (Å²) >= 11 is 0. The van der Waals surface area contributed by atoms with Crippen molar-refractivity contribution in [3.63, 3.8) is 0 Å². The van der Waals surface area contributed by atoms with Crippen LogP contribution in [-0.2, 0) is 4.79 Å². The van der Waals surface area contributed by atoms with Gasteiger partial charge in [-0.15, -0.1) is 0 Å². The summed E-state index contributed by atoms with van der Waals surface area (Å²) in [5.41, 5.74) is 0. The van der Waals surface area contributed by atoms with Crippen LogP contribution in [0.2, 0.25) is 0 Å². The lowest BCUT2D eigenvalue weighted by molar-refractivity contribution is -0.122. The second-order valence-corrected chi connectivity index (χ2v) is 6.05. The third-order valence-electron chi connectivity index (χ3n) is 4.47. The predicted octanol–water partition coefficient (Wildman–Crippen LogP) is 0.435. The first kappa shape index (κ1) is 15.7. The van der Waals surface area contributed by atoms with Crippen LogP contribution < -0.4 is 5.32 Å². The minimum absolute atomic E-state index is 0.157. The standard InChI is InChI=1S/C15H29N3O2/c19-13-14-6-1-2-10-18(14)11-5-7-16-15(20)12-17-8-3-4-9-17/h14,19H,1-13H2,(H,16,20). The summed E-state index contributed by atoms with van der Waals surface area (Å²) in [6, 6.07) is 0.337. The Morgan fingerprint density at radius 3 is 2.65 bits per heavy atom. The van der Waals surface area contributed by atoms with E-state index in [9.17, 15) is 9.90 Å². The Balaban J connectivity index is 1.54. The zero-order valence-electron chi connectivity index (χ0n) is 12.5. The summed E-state index contributed by atoms with van der Waals surface area (Å²) in [6.07, 6.45) is 7.00. The molecule has 1 amide bonds. The molecule has 5 heteroatoms. The average molecular weight is 283 g/mol. The summed E-state index contributed by atoms with van der Waals surface area (Å²) in [4.78, 5) is 16.4. The minimum Gasteiger partial charge on any atom is -0.395 e. The molecular formula is C15H29N3O2. The van der Waals surface area contributed by atoms with Crippen LogP contribution in [0.5, 0.6) is 0 Å². The molecule has 2 fully saturated rings. The number of hydrogen-bond acceptors (Lipinski definition) is 4. The molecule has 1 atom stereocenters. The number of carbonyl (C=O) groups excluding carboxylic acids is 1. The van der Waals surface area contributed by atoms with Crippen LogP contribution in [0.25, 0.3) is 0 Å². The molecule has 2 heterocycles. The Kier molecular flexibility index (Phi) is 6.76. The van der Waals surface area contributed by atoms with E-state index in [0.717, 1.165) is 45.6 Å². The highest BCUT2D eigenvalue weighted by Crippen LogP contribution is 2.16. The number of nitrogens with one attached hydrogen (secondary N) is 1. The van der Waals surface area contributed by atoms with E-state index in [1.165, 1.54) is 25.7 Å². The number of likely N-dealkylation sites (tertiary alicyclic amines) is 2. The molecular weight excluding hydrogens is 254 g/mol. The van der Waals surface area contributed by atoms with E-state index in [1.807, 2.05) is 0 Å². The molecule has 20 heavy (non-hydrogen) atoms. The van der Waals surface area contributed by atoms with Crippen molar-refractivity contribution in [3.8, 4) is 0 Å². The Labute approximate surface area is 122 Å². The smallest absolute Gasteiger partial charge is 0.234 e. The van der Waals surface area contributed by atoms with Crippen LogP contribution in [0, 0.1) is 0 Å². The lowest BCUT2D eigenvalue weighted by Crippen LogP contribution is -2.43. The molecule has 0 saturated carbocycles. The van der Waals surface area contributed by atoms with Gasteiger partial charge in [-0.1, -0.05) is 6.42 Å². The van der Waals surface area contributed by atoms with Gasteiger partial charge in [-0.2, -0.15) is 0 Å². The van der Waals surface area contributed by atoms with Gasteiger partial charge in [-0.05, 0) is 51.7 Å². The number of amides is 1. The normalized spacial score (nSPS) is 24.9. The number of aliphatic hydroxyl groups excluding tert-OH is 1. The fourth-order valence-electron chi connectivity index (χ4n) is 3.27. The second-order valence-electron chi connectivity index (χ2n) is 6.05. The second kappa shape index (κ2) is 8.60. The fraction of sp³-hybridized carbons (Fsp3) is 0.933. The zero-order valence-corrected chi connectivity index (χ0v) is 12.5. The molecule has 1 unspecified atom stereocenters. The molecule has 5 nitrogen and oxygen atoms in total. The van der Waals surface area contributed by atoms with E-state index in [0.29, 0.717) is 12.6 Å². The molecule has 2 aliphatic heterocycles. The Hall–Kier alpha value is -0.650. The molecule has 0 radical (unpaired) electrons. The van der Waals surface area contributed by atoms with Gasteiger partial charge in [0.25, 0.3) is 0 Å². The minimum atomic E-state index is 0.157. The number of hydrogen-bond donors (Lipinski definition) is 2. The third-order valence-corrected chi connectivity index (χ3v) is 4.47. The summed E-state index contributed by atoms with van der Waals surface area (Å²) in [5, 5.41) is 12.4. The molecule has 2 aliphatic rings. The number of piperidine rings is 1. The van der Waals surface area contributed by atoms with E-state index in [4.69, 9.17) is 0 Å². The Morgan fingerprint density at radius 2 is 1.90 bits per heavy atom. The van der Waals surface area contributed by atoms with Gasteiger partial charge in [-0.3, -0.25) is 14.6 Å². The summed E-state index contributed by atoms with van der Waals surface area (Å²) in [5.74, 6) is 0.157. The van der Waals surface area contributed by atoms with Gasteiger partial charge in [0.2, 0.25) is 5.91 Å². The van der Waals surface area contributed by atoms with Crippen molar-refractivity contribution in [3.05, 3.63) is 0 Å². The van der Waals surface area contributed by atoms with E-state index in [2.05, 4.69) is 15.1 Å². The summed E-state index contributed by atoms with van der Waals surface area (Å²) < 4.78 is 0. The molecule has 0 aromatic heterocycles. The predicted molar refractivity (Wildman–Crippen MR) is 79.6 cm³/mol. The van der Waals surface area contributed by atoms with Gasteiger partial charge in [0.05, 0.1) is 13.2 Å². The van der Waals surface area contributed by atoms with Gasteiger partial charge in [-0.25, -0.2) is 0 Å². The summed E-state index contributed by atoms with van der Waals surface area (Å²) in [7, 11) is 0.